The first-order valence-electron chi connectivity index (χ1n) is 8.40. The number of fused-ring (bicyclic) bond motifs is 1. The summed E-state index contributed by atoms with van der Waals surface area (Å²) in [6, 6.07) is 8.20. The number of hydrogen-bond donors (Lipinski definition) is 1. The van der Waals surface area contributed by atoms with Crippen LogP contribution in [0.15, 0.2) is 24.3 Å². The lowest BCUT2D eigenvalue weighted by Gasteiger charge is -2.15. The molecule has 0 aliphatic heterocycles. The number of nitrogens with zero attached hydrogens (tertiary/aromatic N) is 4. The van der Waals surface area contributed by atoms with E-state index < -0.39 is 0 Å². The maximum Gasteiger partial charge on any atom is 0.239 e. The molecule has 3 rings (SSSR count). The Kier molecular flexibility index (Phi) is 5.03. The molecule has 1 amide bonds. The van der Waals surface area contributed by atoms with Crippen LogP contribution in [0.1, 0.15) is 24.6 Å². The first kappa shape index (κ1) is 17.4. The van der Waals surface area contributed by atoms with E-state index in [1.807, 2.05) is 42.6 Å². The number of thiazole rings is 1. The van der Waals surface area contributed by atoms with E-state index in [-0.39, 0.29) is 5.91 Å². The minimum Gasteiger partial charge on any atom is -0.355 e. The van der Waals surface area contributed by atoms with Crippen molar-refractivity contribution in [3.05, 3.63) is 35.5 Å². The van der Waals surface area contributed by atoms with Crippen LogP contribution in [0.5, 0.6) is 0 Å². The molecule has 0 radical (unpaired) electrons. The van der Waals surface area contributed by atoms with Crippen LogP contribution in [-0.4, -0.2) is 40.8 Å². The Labute approximate surface area is 151 Å². The van der Waals surface area contributed by atoms with Gasteiger partial charge in [0.1, 0.15) is 0 Å². The molecule has 0 fully saturated rings. The van der Waals surface area contributed by atoms with Crippen LogP contribution >= 0.6 is 11.3 Å². The highest BCUT2D eigenvalue weighted by molar-refractivity contribution is 7.22. The molecule has 2 aromatic heterocycles. The van der Waals surface area contributed by atoms with E-state index in [0.717, 1.165) is 33.3 Å². The standard InChI is InChI=1S/C18H23N5OS/c1-5-9-19-15(24)11-22(4)18-20-17-16(25-18)13(3)21-23(17)14-8-6-7-12(2)10-14/h6-8,10H,5,9,11H2,1-4H3,(H,19,24). The van der Waals surface area contributed by atoms with Crippen LogP contribution < -0.4 is 10.2 Å². The summed E-state index contributed by atoms with van der Waals surface area (Å²) in [7, 11) is 1.89. The van der Waals surface area contributed by atoms with Crippen molar-refractivity contribution in [2.45, 2.75) is 27.2 Å². The van der Waals surface area contributed by atoms with Crippen LogP contribution in [0, 0.1) is 13.8 Å². The monoisotopic (exact) mass is 357 g/mol. The maximum absolute atomic E-state index is 11.9. The second kappa shape index (κ2) is 7.23. The van der Waals surface area contributed by atoms with Crippen molar-refractivity contribution in [2.75, 3.05) is 25.0 Å². The lowest BCUT2D eigenvalue weighted by Crippen LogP contribution is -2.35. The molecule has 1 aromatic carbocycles. The fourth-order valence-corrected chi connectivity index (χ4v) is 3.58. The summed E-state index contributed by atoms with van der Waals surface area (Å²) in [5.41, 5.74) is 3.96. The van der Waals surface area contributed by atoms with Gasteiger partial charge in [0.05, 0.1) is 22.6 Å². The minimum absolute atomic E-state index is 0.0145. The van der Waals surface area contributed by atoms with Crippen molar-refractivity contribution in [3.63, 3.8) is 0 Å². The molecule has 0 atom stereocenters. The number of likely N-dealkylation sites (N-methyl/N-ethyl adjacent to an activating group) is 1. The molecule has 0 saturated carbocycles. The third kappa shape index (κ3) is 3.66. The van der Waals surface area contributed by atoms with Crippen molar-refractivity contribution < 1.29 is 4.79 Å². The Balaban J connectivity index is 1.90. The van der Waals surface area contributed by atoms with E-state index >= 15 is 0 Å². The SMILES string of the molecule is CCCNC(=O)CN(C)c1nc2c(s1)c(C)nn2-c1cccc(C)c1. The summed E-state index contributed by atoms with van der Waals surface area (Å²) >= 11 is 1.57. The number of aromatic nitrogens is 3. The molecular formula is C18H23N5OS. The fourth-order valence-electron chi connectivity index (χ4n) is 2.63. The maximum atomic E-state index is 11.9. The number of anilines is 1. The van der Waals surface area contributed by atoms with Crippen molar-refractivity contribution in [1.29, 1.82) is 0 Å². The zero-order valence-corrected chi connectivity index (χ0v) is 15.9. The molecule has 0 spiro atoms. The molecule has 0 saturated heterocycles. The van der Waals surface area contributed by atoms with Gasteiger partial charge < -0.3 is 10.2 Å². The quantitative estimate of drug-likeness (QED) is 0.736. The topological polar surface area (TPSA) is 63.1 Å². The molecule has 3 aromatic rings. The first-order valence-corrected chi connectivity index (χ1v) is 9.22. The lowest BCUT2D eigenvalue weighted by atomic mass is 10.2. The lowest BCUT2D eigenvalue weighted by molar-refractivity contribution is -0.119. The van der Waals surface area contributed by atoms with E-state index in [0.29, 0.717) is 13.1 Å². The van der Waals surface area contributed by atoms with E-state index in [9.17, 15) is 4.79 Å². The van der Waals surface area contributed by atoms with Gasteiger partial charge >= 0.3 is 0 Å². The van der Waals surface area contributed by atoms with E-state index in [4.69, 9.17) is 4.98 Å². The fraction of sp³-hybridized carbons (Fsp3) is 0.389. The number of rotatable bonds is 6. The van der Waals surface area contributed by atoms with Crippen LogP contribution in [0.3, 0.4) is 0 Å². The Bertz CT molecular complexity index is 898. The van der Waals surface area contributed by atoms with Gasteiger partial charge in [0, 0.05) is 13.6 Å². The third-order valence-corrected chi connectivity index (χ3v) is 5.17. The molecule has 132 valence electrons. The zero-order chi connectivity index (χ0) is 18.0. The minimum atomic E-state index is 0.0145. The van der Waals surface area contributed by atoms with Crippen molar-refractivity contribution in [3.8, 4) is 5.69 Å². The number of amides is 1. The summed E-state index contributed by atoms with van der Waals surface area (Å²) in [4.78, 5) is 18.6. The van der Waals surface area contributed by atoms with Gasteiger partial charge in [-0.05, 0) is 38.0 Å². The normalized spacial score (nSPS) is 11.0. The smallest absolute Gasteiger partial charge is 0.239 e. The highest BCUT2D eigenvalue weighted by Crippen LogP contribution is 2.32. The van der Waals surface area contributed by atoms with Crippen molar-refractivity contribution >= 4 is 32.7 Å². The Morgan fingerprint density at radius 3 is 2.88 bits per heavy atom. The summed E-state index contributed by atoms with van der Waals surface area (Å²) in [6.07, 6.45) is 0.933. The second-order valence-electron chi connectivity index (χ2n) is 6.19. The average molecular weight is 357 g/mol. The molecule has 25 heavy (non-hydrogen) atoms. The van der Waals surface area contributed by atoms with E-state index in [1.54, 1.807) is 11.3 Å². The van der Waals surface area contributed by atoms with Crippen molar-refractivity contribution in [1.82, 2.24) is 20.1 Å². The zero-order valence-electron chi connectivity index (χ0n) is 15.0. The summed E-state index contributed by atoms with van der Waals surface area (Å²) in [6.45, 7) is 7.09. The van der Waals surface area contributed by atoms with Gasteiger partial charge in [-0.25, -0.2) is 4.68 Å². The summed E-state index contributed by atoms with van der Waals surface area (Å²) in [5, 5.41) is 8.35. The summed E-state index contributed by atoms with van der Waals surface area (Å²) < 4.78 is 2.93. The Morgan fingerprint density at radius 2 is 2.16 bits per heavy atom. The van der Waals surface area contributed by atoms with Gasteiger partial charge in [-0.2, -0.15) is 10.1 Å². The Hall–Kier alpha value is -2.41. The number of hydrogen-bond acceptors (Lipinski definition) is 5. The third-order valence-electron chi connectivity index (χ3n) is 3.90. The largest absolute Gasteiger partial charge is 0.355 e. The molecule has 0 bridgehead atoms. The molecule has 0 aliphatic rings. The molecule has 2 heterocycles. The van der Waals surface area contributed by atoms with E-state index in [2.05, 4.69) is 29.5 Å². The molecule has 7 heteroatoms. The van der Waals surface area contributed by atoms with Gasteiger partial charge in [-0.1, -0.05) is 30.4 Å². The van der Waals surface area contributed by atoms with Gasteiger partial charge in [0.25, 0.3) is 0 Å². The number of carbonyl (C=O) groups is 1. The van der Waals surface area contributed by atoms with Crippen LogP contribution in [-0.2, 0) is 4.79 Å². The first-order chi connectivity index (χ1) is 12.0. The van der Waals surface area contributed by atoms with Gasteiger partial charge in [0.15, 0.2) is 10.8 Å². The van der Waals surface area contributed by atoms with Gasteiger partial charge in [0.2, 0.25) is 5.91 Å². The van der Waals surface area contributed by atoms with Crippen LogP contribution in [0.25, 0.3) is 16.0 Å². The molecule has 0 unspecified atom stereocenters. The highest BCUT2D eigenvalue weighted by Gasteiger charge is 2.18. The molecule has 1 N–H and O–H groups in total. The predicted octanol–water partition coefficient (Wildman–Crippen LogP) is 3.06. The number of aryl methyl sites for hydroxylation is 2. The number of benzene rings is 1. The molecule has 6 nitrogen and oxygen atoms in total. The van der Waals surface area contributed by atoms with Crippen molar-refractivity contribution in [2.24, 2.45) is 0 Å². The molecular weight excluding hydrogens is 334 g/mol. The highest BCUT2D eigenvalue weighted by atomic mass is 32.1. The van der Waals surface area contributed by atoms with Crippen LogP contribution in [0.4, 0.5) is 5.13 Å². The molecule has 0 aliphatic carbocycles. The summed E-state index contributed by atoms with van der Waals surface area (Å²) in [5.74, 6) is 0.0145. The van der Waals surface area contributed by atoms with Crippen LogP contribution in [0.2, 0.25) is 0 Å². The number of nitrogens with one attached hydrogen (secondary N) is 1. The van der Waals surface area contributed by atoms with Gasteiger partial charge in [-0.15, -0.1) is 0 Å². The van der Waals surface area contributed by atoms with Gasteiger partial charge in [-0.3, -0.25) is 4.79 Å². The number of carbonyl (C=O) groups excluding carboxylic acids is 1. The average Bonchev–Trinajstić information content (AvgIpc) is 3.14. The Morgan fingerprint density at radius 1 is 1.36 bits per heavy atom. The second-order valence-corrected chi connectivity index (χ2v) is 7.17. The predicted molar refractivity (Wildman–Crippen MR) is 103 cm³/mol. The van der Waals surface area contributed by atoms with E-state index in [1.165, 1.54) is 5.56 Å².